The molecular formula is C21H25N9. The van der Waals surface area contributed by atoms with Gasteiger partial charge < -0.3 is 16.0 Å². The molecule has 0 spiro atoms. The molecule has 30 heavy (non-hydrogen) atoms. The van der Waals surface area contributed by atoms with Crippen molar-refractivity contribution in [2.45, 2.75) is 32.6 Å². The number of nitrogens with zero attached hydrogens (tertiary/aromatic N) is 5. The van der Waals surface area contributed by atoms with Crippen molar-refractivity contribution in [3.05, 3.63) is 53.5 Å². The number of benzene rings is 1. The Hall–Kier alpha value is -3.59. The SMILES string of the molecule is Cc1nn(C)cc1C1(N)N=C(N)c2c(-c3ccc4[nH]ccc4c3)nn(C(C)C)c2N1. The summed E-state index contributed by atoms with van der Waals surface area (Å²) in [5.41, 5.74) is 18.4. The molecule has 1 aliphatic heterocycles. The second-order valence-electron chi connectivity index (χ2n) is 8.08. The first-order valence-corrected chi connectivity index (χ1v) is 9.90. The van der Waals surface area contributed by atoms with E-state index < -0.39 is 5.79 Å². The van der Waals surface area contributed by atoms with Gasteiger partial charge in [-0.3, -0.25) is 10.4 Å². The molecular weight excluding hydrogens is 378 g/mol. The van der Waals surface area contributed by atoms with Crippen LogP contribution in [0.1, 0.15) is 36.7 Å². The lowest BCUT2D eigenvalue weighted by Gasteiger charge is -2.32. The van der Waals surface area contributed by atoms with E-state index >= 15 is 0 Å². The van der Waals surface area contributed by atoms with Gasteiger partial charge in [0, 0.05) is 41.9 Å². The van der Waals surface area contributed by atoms with Gasteiger partial charge in [-0.2, -0.15) is 10.2 Å². The van der Waals surface area contributed by atoms with Crippen LogP contribution in [0.5, 0.6) is 0 Å². The van der Waals surface area contributed by atoms with E-state index in [0.717, 1.165) is 44.8 Å². The Balaban J connectivity index is 1.71. The van der Waals surface area contributed by atoms with Crippen molar-refractivity contribution in [2.24, 2.45) is 23.5 Å². The standard InChI is InChI=1S/C21H25N9/c1-11(2)30-20-17(18(28-30)14-5-6-16-13(9-14)7-8-24-16)19(22)25-21(23,26-20)15-10-29(4)27-12(15)3/h5-11,24,26H,23H2,1-4H3,(H2,22,25). The zero-order valence-electron chi connectivity index (χ0n) is 17.4. The minimum absolute atomic E-state index is 0.0983. The number of anilines is 1. The molecule has 4 aromatic rings. The second-order valence-corrected chi connectivity index (χ2v) is 8.08. The number of H-pyrrole nitrogens is 1. The first-order chi connectivity index (χ1) is 14.3. The van der Waals surface area contributed by atoms with Crippen molar-refractivity contribution in [3.8, 4) is 11.3 Å². The summed E-state index contributed by atoms with van der Waals surface area (Å²) in [6.07, 6.45) is 3.79. The van der Waals surface area contributed by atoms with Gasteiger partial charge in [0.05, 0.1) is 16.8 Å². The summed E-state index contributed by atoms with van der Waals surface area (Å²) in [5, 5.41) is 13.8. The van der Waals surface area contributed by atoms with Crippen molar-refractivity contribution in [3.63, 3.8) is 0 Å². The monoisotopic (exact) mass is 403 g/mol. The second kappa shape index (κ2) is 6.20. The van der Waals surface area contributed by atoms with E-state index in [4.69, 9.17) is 16.6 Å². The van der Waals surface area contributed by atoms with Gasteiger partial charge >= 0.3 is 0 Å². The van der Waals surface area contributed by atoms with Gasteiger partial charge in [0.15, 0.2) is 0 Å². The topological polar surface area (TPSA) is 128 Å². The normalized spacial score (nSPS) is 18.5. The van der Waals surface area contributed by atoms with Gasteiger partial charge in [-0.05, 0) is 39.0 Å². The highest BCUT2D eigenvalue weighted by molar-refractivity contribution is 6.09. The lowest BCUT2D eigenvalue weighted by molar-refractivity contribution is 0.494. The van der Waals surface area contributed by atoms with E-state index in [-0.39, 0.29) is 6.04 Å². The van der Waals surface area contributed by atoms with Crippen LogP contribution in [0.4, 0.5) is 5.82 Å². The molecule has 0 radical (unpaired) electrons. The highest BCUT2D eigenvalue weighted by Gasteiger charge is 2.39. The Morgan fingerprint density at radius 2 is 1.97 bits per heavy atom. The fraction of sp³-hybridized carbons (Fsp3) is 0.286. The molecule has 1 atom stereocenters. The summed E-state index contributed by atoms with van der Waals surface area (Å²) in [6.45, 7) is 6.05. The van der Waals surface area contributed by atoms with Crippen LogP contribution in [-0.2, 0) is 12.8 Å². The quantitative estimate of drug-likeness (QED) is 0.418. The zero-order chi connectivity index (χ0) is 21.2. The molecule has 1 aromatic carbocycles. The first-order valence-electron chi connectivity index (χ1n) is 9.90. The van der Waals surface area contributed by atoms with Crippen molar-refractivity contribution in [2.75, 3.05) is 5.32 Å². The van der Waals surface area contributed by atoms with Gasteiger partial charge in [0.2, 0.25) is 5.79 Å². The highest BCUT2D eigenvalue weighted by Crippen LogP contribution is 2.38. The van der Waals surface area contributed by atoms with Crippen LogP contribution in [0.25, 0.3) is 22.2 Å². The molecule has 1 aliphatic rings. The van der Waals surface area contributed by atoms with Crippen LogP contribution in [-0.4, -0.2) is 30.4 Å². The van der Waals surface area contributed by atoms with Gasteiger partial charge in [-0.25, -0.2) is 9.67 Å². The molecule has 4 heterocycles. The zero-order valence-corrected chi connectivity index (χ0v) is 17.4. The number of hydrogen-bond acceptors (Lipinski definition) is 6. The lowest BCUT2D eigenvalue weighted by atomic mass is 10.0. The molecule has 6 N–H and O–H groups in total. The predicted octanol–water partition coefficient (Wildman–Crippen LogP) is 2.55. The summed E-state index contributed by atoms with van der Waals surface area (Å²) in [4.78, 5) is 7.88. The van der Waals surface area contributed by atoms with Gasteiger partial charge in [-0.15, -0.1) is 0 Å². The van der Waals surface area contributed by atoms with Crippen molar-refractivity contribution in [1.82, 2.24) is 24.5 Å². The third-order valence-electron chi connectivity index (χ3n) is 5.51. The Bertz CT molecular complexity index is 1300. The molecule has 0 bridgehead atoms. The van der Waals surface area contributed by atoms with Crippen molar-refractivity contribution >= 4 is 22.6 Å². The Labute approximate surface area is 173 Å². The van der Waals surface area contributed by atoms with E-state index in [1.54, 1.807) is 4.68 Å². The smallest absolute Gasteiger partial charge is 0.215 e. The Morgan fingerprint density at radius 3 is 2.67 bits per heavy atom. The Kier molecular flexibility index (Phi) is 3.81. The third-order valence-corrected chi connectivity index (χ3v) is 5.51. The minimum Gasteiger partial charge on any atom is -0.383 e. The van der Waals surface area contributed by atoms with Crippen LogP contribution in [0.15, 0.2) is 41.7 Å². The summed E-state index contributed by atoms with van der Waals surface area (Å²) >= 11 is 0. The molecule has 9 nitrogen and oxygen atoms in total. The maximum Gasteiger partial charge on any atom is 0.215 e. The molecule has 1 unspecified atom stereocenters. The number of rotatable bonds is 3. The third kappa shape index (κ3) is 2.62. The van der Waals surface area contributed by atoms with E-state index in [2.05, 4.69) is 40.3 Å². The van der Waals surface area contributed by atoms with E-state index in [0.29, 0.717) is 5.84 Å². The average Bonchev–Trinajstić information content (AvgIpc) is 3.37. The number of nitrogens with two attached hydrogens (primary N) is 2. The van der Waals surface area contributed by atoms with Gasteiger partial charge in [0.1, 0.15) is 17.3 Å². The fourth-order valence-corrected chi connectivity index (χ4v) is 4.13. The van der Waals surface area contributed by atoms with Crippen molar-refractivity contribution in [1.29, 1.82) is 0 Å². The van der Waals surface area contributed by atoms with Gasteiger partial charge in [0.25, 0.3) is 0 Å². The predicted molar refractivity (Wildman–Crippen MR) is 118 cm³/mol. The van der Waals surface area contributed by atoms with Crippen LogP contribution >= 0.6 is 0 Å². The molecule has 0 saturated heterocycles. The molecule has 9 heteroatoms. The fourth-order valence-electron chi connectivity index (χ4n) is 4.13. The number of hydrogen-bond donors (Lipinski definition) is 4. The van der Waals surface area contributed by atoms with Gasteiger partial charge in [-0.1, -0.05) is 6.07 Å². The maximum absolute atomic E-state index is 6.70. The van der Waals surface area contributed by atoms with E-state index in [1.165, 1.54) is 0 Å². The average molecular weight is 403 g/mol. The summed E-state index contributed by atoms with van der Waals surface area (Å²) in [5.74, 6) is -0.109. The van der Waals surface area contributed by atoms with Crippen molar-refractivity contribution < 1.29 is 0 Å². The molecule has 3 aromatic heterocycles. The first kappa shape index (κ1) is 18.4. The Morgan fingerprint density at radius 1 is 1.17 bits per heavy atom. The van der Waals surface area contributed by atoms with Crippen LogP contribution in [0, 0.1) is 6.92 Å². The van der Waals surface area contributed by atoms with Crippen LogP contribution in [0.2, 0.25) is 0 Å². The summed E-state index contributed by atoms with van der Waals surface area (Å²) in [6, 6.07) is 8.32. The maximum atomic E-state index is 6.70. The summed E-state index contributed by atoms with van der Waals surface area (Å²) < 4.78 is 3.64. The molecule has 5 rings (SSSR count). The molecule has 0 aliphatic carbocycles. The van der Waals surface area contributed by atoms with E-state index in [1.807, 2.05) is 49.2 Å². The number of fused-ring (bicyclic) bond motifs is 2. The highest BCUT2D eigenvalue weighted by atomic mass is 15.4. The molecule has 0 saturated carbocycles. The van der Waals surface area contributed by atoms with Crippen LogP contribution < -0.4 is 16.8 Å². The number of aromatic nitrogens is 5. The van der Waals surface area contributed by atoms with E-state index in [9.17, 15) is 0 Å². The lowest BCUT2D eigenvalue weighted by Crippen LogP contribution is -2.48. The number of aromatic amines is 1. The molecule has 0 amide bonds. The number of aryl methyl sites for hydroxylation is 2. The number of amidine groups is 1. The largest absolute Gasteiger partial charge is 0.383 e. The number of nitrogens with one attached hydrogen (secondary N) is 2. The molecule has 0 fully saturated rings. The van der Waals surface area contributed by atoms with Crippen LogP contribution in [0.3, 0.4) is 0 Å². The number of aliphatic imine (C=N–C) groups is 1. The minimum atomic E-state index is -1.22. The summed E-state index contributed by atoms with van der Waals surface area (Å²) in [7, 11) is 1.86. The molecule has 154 valence electrons.